The van der Waals surface area contributed by atoms with Gasteiger partial charge in [-0.05, 0) is 31.7 Å². The van der Waals surface area contributed by atoms with E-state index in [0.717, 1.165) is 31.8 Å². The molecule has 0 saturated heterocycles. The molecule has 1 aromatic heterocycles. The zero-order valence-corrected chi connectivity index (χ0v) is 13.6. The van der Waals surface area contributed by atoms with Crippen molar-refractivity contribution >= 4 is 17.8 Å². The summed E-state index contributed by atoms with van der Waals surface area (Å²) in [5, 5.41) is 0. The Morgan fingerprint density at radius 3 is 2.50 bits per heavy atom. The fourth-order valence-corrected chi connectivity index (χ4v) is 1.87. The van der Waals surface area contributed by atoms with E-state index in [0.29, 0.717) is 13.2 Å². The molecule has 1 aromatic rings. The number of nitrogen functional groups attached to an aromatic ring is 1. The second-order valence-electron chi connectivity index (χ2n) is 5.08. The van der Waals surface area contributed by atoms with Crippen LogP contribution >= 0.6 is 0 Å². The average molecular weight is 337 g/mol. The number of hydrogen-bond acceptors (Lipinski definition) is 7. The van der Waals surface area contributed by atoms with Crippen molar-refractivity contribution in [2.45, 2.75) is 38.6 Å². The number of nitrogens with zero attached hydrogens (tertiary/aromatic N) is 2. The van der Waals surface area contributed by atoms with Gasteiger partial charge in [0.1, 0.15) is 5.82 Å². The number of ether oxygens (including phenoxy) is 2. The van der Waals surface area contributed by atoms with Gasteiger partial charge in [0.05, 0.1) is 19.6 Å². The van der Waals surface area contributed by atoms with E-state index in [1.807, 2.05) is 0 Å². The highest BCUT2D eigenvalue weighted by Crippen LogP contribution is 2.02. The topological polar surface area (TPSA) is 114 Å². The predicted molar refractivity (Wildman–Crippen MR) is 88.1 cm³/mol. The fourth-order valence-electron chi connectivity index (χ4n) is 1.87. The van der Waals surface area contributed by atoms with Crippen LogP contribution in [0, 0.1) is 0 Å². The summed E-state index contributed by atoms with van der Waals surface area (Å²) >= 11 is 0. The van der Waals surface area contributed by atoms with E-state index in [1.54, 1.807) is 0 Å². The van der Waals surface area contributed by atoms with E-state index in [-0.39, 0.29) is 24.8 Å². The van der Waals surface area contributed by atoms with Crippen molar-refractivity contribution in [3.63, 3.8) is 0 Å². The summed E-state index contributed by atoms with van der Waals surface area (Å²) in [7, 11) is 0. The Labute approximate surface area is 140 Å². The molecule has 132 valence electrons. The first-order chi connectivity index (χ1) is 11.5. The molecule has 0 amide bonds. The maximum atomic E-state index is 11.6. The second-order valence-corrected chi connectivity index (χ2v) is 5.08. The first-order valence-corrected chi connectivity index (χ1v) is 7.80. The quantitative estimate of drug-likeness (QED) is 0.365. The van der Waals surface area contributed by atoms with Gasteiger partial charge < -0.3 is 15.2 Å². The van der Waals surface area contributed by atoms with E-state index in [4.69, 9.17) is 15.2 Å². The molecule has 0 atom stereocenters. The molecular weight excluding hydrogens is 314 g/mol. The Hall–Kier alpha value is -2.64. The molecule has 0 aliphatic rings. The molecule has 0 aliphatic heterocycles. The first-order valence-electron chi connectivity index (χ1n) is 7.80. The van der Waals surface area contributed by atoms with Crippen molar-refractivity contribution in [3.8, 4) is 0 Å². The SMILES string of the molecule is C=CC(=O)OCCCCCCOC(=O)CCn1ccc(N)nc1=O. The third kappa shape index (κ3) is 8.11. The number of esters is 2. The van der Waals surface area contributed by atoms with Crippen molar-refractivity contribution in [2.24, 2.45) is 0 Å². The van der Waals surface area contributed by atoms with Crippen LogP contribution in [-0.2, 0) is 25.6 Å². The Bertz CT molecular complexity index is 612. The van der Waals surface area contributed by atoms with Crippen molar-refractivity contribution in [3.05, 3.63) is 35.4 Å². The monoisotopic (exact) mass is 337 g/mol. The van der Waals surface area contributed by atoms with E-state index >= 15 is 0 Å². The average Bonchev–Trinajstić information content (AvgIpc) is 2.56. The number of nitrogens with two attached hydrogens (primary N) is 1. The van der Waals surface area contributed by atoms with Crippen LogP contribution in [0.3, 0.4) is 0 Å². The van der Waals surface area contributed by atoms with Crippen molar-refractivity contribution in [1.29, 1.82) is 0 Å². The highest BCUT2D eigenvalue weighted by Gasteiger charge is 2.05. The van der Waals surface area contributed by atoms with Crippen LogP contribution < -0.4 is 11.4 Å². The van der Waals surface area contributed by atoms with Gasteiger partial charge >= 0.3 is 17.6 Å². The van der Waals surface area contributed by atoms with Crippen LogP contribution in [0.1, 0.15) is 32.1 Å². The standard InChI is InChI=1S/C16H23N3O5/c1-2-14(20)23-11-5-3-4-6-12-24-15(21)8-10-19-9-7-13(17)18-16(19)22/h2,7,9H,1,3-6,8,10-12H2,(H2,17,18,22). The van der Waals surface area contributed by atoms with Crippen LogP contribution in [0.25, 0.3) is 0 Å². The van der Waals surface area contributed by atoms with Crippen molar-refractivity contribution in [2.75, 3.05) is 18.9 Å². The lowest BCUT2D eigenvalue weighted by molar-refractivity contribution is -0.144. The summed E-state index contributed by atoms with van der Waals surface area (Å²) in [6.07, 6.45) is 5.99. The van der Waals surface area contributed by atoms with Gasteiger partial charge in [-0.25, -0.2) is 9.59 Å². The van der Waals surface area contributed by atoms with Gasteiger partial charge in [0.2, 0.25) is 0 Å². The lowest BCUT2D eigenvalue weighted by atomic mass is 10.2. The van der Waals surface area contributed by atoms with Gasteiger partial charge in [0.25, 0.3) is 0 Å². The molecule has 0 fully saturated rings. The Morgan fingerprint density at radius 2 is 1.88 bits per heavy atom. The van der Waals surface area contributed by atoms with Gasteiger partial charge in [-0.1, -0.05) is 6.58 Å². The van der Waals surface area contributed by atoms with E-state index < -0.39 is 11.7 Å². The molecule has 0 aromatic carbocycles. The van der Waals surface area contributed by atoms with Crippen LogP contribution in [-0.4, -0.2) is 34.7 Å². The van der Waals surface area contributed by atoms with Crippen LogP contribution in [0.15, 0.2) is 29.7 Å². The molecule has 0 spiro atoms. The summed E-state index contributed by atoms with van der Waals surface area (Å²) in [6.45, 7) is 4.22. The summed E-state index contributed by atoms with van der Waals surface area (Å²) < 4.78 is 11.2. The van der Waals surface area contributed by atoms with Gasteiger partial charge in [-0.15, -0.1) is 0 Å². The maximum Gasteiger partial charge on any atom is 0.349 e. The molecule has 1 heterocycles. The van der Waals surface area contributed by atoms with E-state index in [9.17, 15) is 14.4 Å². The van der Waals surface area contributed by atoms with Crippen LogP contribution in [0.2, 0.25) is 0 Å². The summed E-state index contributed by atoms with van der Waals surface area (Å²) in [5.74, 6) is -0.629. The van der Waals surface area contributed by atoms with Crippen molar-refractivity contribution < 1.29 is 19.1 Å². The number of aromatic nitrogens is 2. The Balaban J connectivity index is 2.05. The van der Waals surface area contributed by atoms with Crippen molar-refractivity contribution in [1.82, 2.24) is 9.55 Å². The van der Waals surface area contributed by atoms with Crippen LogP contribution in [0.4, 0.5) is 5.82 Å². The van der Waals surface area contributed by atoms with Crippen LogP contribution in [0.5, 0.6) is 0 Å². The second kappa shape index (κ2) is 11.0. The summed E-state index contributed by atoms with van der Waals surface area (Å²) in [6, 6.07) is 1.50. The lowest BCUT2D eigenvalue weighted by Gasteiger charge is -2.06. The highest BCUT2D eigenvalue weighted by atomic mass is 16.5. The third-order valence-electron chi connectivity index (χ3n) is 3.17. The smallest absolute Gasteiger partial charge is 0.349 e. The number of carbonyl (C=O) groups is 2. The molecule has 0 unspecified atom stereocenters. The molecule has 0 saturated carbocycles. The number of anilines is 1. The molecule has 0 aliphatic carbocycles. The number of aryl methyl sites for hydroxylation is 1. The molecule has 0 radical (unpaired) electrons. The largest absolute Gasteiger partial charge is 0.466 e. The molecule has 24 heavy (non-hydrogen) atoms. The number of unbranched alkanes of at least 4 members (excludes halogenated alkanes) is 3. The molecule has 8 heteroatoms. The van der Waals surface area contributed by atoms with Gasteiger partial charge in [0.15, 0.2) is 0 Å². The molecule has 1 rings (SSSR count). The first kappa shape index (κ1) is 19.4. The Morgan fingerprint density at radius 1 is 1.21 bits per heavy atom. The van der Waals surface area contributed by atoms with E-state index in [2.05, 4.69) is 11.6 Å². The minimum atomic E-state index is -0.486. The minimum absolute atomic E-state index is 0.100. The normalized spacial score (nSPS) is 10.2. The lowest BCUT2D eigenvalue weighted by Crippen LogP contribution is -2.24. The predicted octanol–water partition coefficient (Wildman–Crippen LogP) is 1.05. The number of rotatable bonds is 11. The molecular formula is C16H23N3O5. The molecule has 8 nitrogen and oxygen atoms in total. The third-order valence-corrected chi connectivity index (χ3v) is 3.17. The number of hydrogen-bond donors (Lipinski definition) is 1. The minimum Gasteiger partial charge on any atom is -0.466 e. The van der Waals surface area contributed by atoms with E-state index in [1.165, 1.54) is 16.8 Å². The molecule has 0 bridgehead atoms. The maximum absolute atomic E-state index is 11.6. The Kier molecular flexibility index (Phi) is 8.88. The molecule has 2 N–H and O–H groups in total. The zero-order chi connectivity index (χ0) is 17.8. The van der Waals surface area contributed by atoms with Gasteiger partial charge in [-0.2, -0.15) is 4.98 Å². The summed E-state index contributed by atoms with van der Waals surface area (Å²) in [5.41, 5.74) is 4.90. The van der Waals surface area contributed by atoms with Gasteiger partial charge in [0, 0.05) is 18.8 Å². The number of carbonyl (C=O) groups excluding carboxylic acids is 2. The summed E-state index contributed by atoms with van der Waals surface area (Å²) in [4.78, 5) is 37.4. The van der Waals surface area contributed by atoms with Gasteiger partial charge in [-0.3, -0.25) is 9.36 Å². The highest BCUT2D eigenvalue weighted by molar-refractivity contribution is 5.81. The zero-order valence-electron chi connectivity index (χ0n) is 13.6. The fraction of sp³-hybridized carbons (Fsp3) is 0.500.